The van der Waals surface area contributed by atoms with Crippen LogP contribution in [0.2, 0.25) is 0 Å². The summed E-state index contributed by atoms with van der Waals surface area (Å²) in [5, 5.41) is 4.39. The van der Waals surface area contributed by atoms with Gasteiger partial charge >= 0.3 is 0 Å². The maximum absolute atomic E-state index is 12.0. The largest absolute Gasteiger partial charge is 0.482 e. The van der Waals surface area contributed by atoms with Gasteiger partial charge in [0.2, 0.25) is 10.0 Å². The number of rotatable bonds is 4. The number of ether oxygens (including phenoxy) is 1. The molecule has 2 aromatic rings. The molecule has 1 aliphatic rings. The van der Waals surface area contributed by atoms with E-state index in [1.807, 2.05) is 0 Å². The van der Waals surface area contributed by atoms with Crippen LogP contribution in [0.4, 0.5) is 5.69 Å². The van der Waals surface area contributed by atoms with Crippen LogP contribution in [-0.2, 0) is 21.4 Å². The number of benzene rings is 1. The topological polar surface area (TPSA) is 84.5 Å². The first-order valence-corrected chi connectivity index (χ1v) is 8.50. The molecule has 1 aliphatic heterocycles. The first kappa shape index (κ1) is 14.1. The second-order valence-electron chi connectivity index (χ2n) is 4.42. The molecule has 0 saturated carbocycles. The zero-order valence-electron chi connectivity index (χ0n) is 10.8. The highest BCUT2D eigenvalue weighted by molar-refractivity contribution is 7.91. The molecule has 0 atom stereocenters. The average Bonchev–Trinajstić information content (AvgIpc) is 3.00. The van der Waals surface area contributed by atoms with E-state index in [0.29, 0.717) is 11.4 Å². The monoisotopic (exact) mass is 324 g/mol. The minimum atomic E-state index is -3.50. The molecular weight excluding hydrogens is 312 g/mol. The lowest BCUT2D eigenvalue weighted by atomic mass is 10.1. The molecule has 2 heterocycles. The van der Waals surface area contributed by atoms with Crippen LogP contribution in [0.3, 0.4) is 0 Å². The Hall–Kier alpha value is -1.90. The van der Waals surface area contributed by atoms with Gasteiger partial charge in [0.25, 0.3) is 5.91 Å². The van der Waals surface area contributed by atoms with E-state index in [2.05, 4.69) is 10.0 Å². The maximum atomic E-state index is 12.0. The third-order valence-corrected chi connectivity index (χ3v) is 5.70. The molecule has 0 fully saturated rings. The highest BCUT2D eigenvalue weighted by Crippen LogP contribution is 2.28. The maximum Gasteiger partial charge on any atom is 0.262 e. The van der Waals surface area contributed by atoms with Gasteiger partial charge in [-0.2, -0.15) is 0 Å². The molecule has 0 bridgehead atoms. The zero-order valence-corrected chi connectivity index (χ0v) is 12.5. The van der Waals surface area contributed by atoms with Gasteiger partial charge in [-0.1, -0.05) is 12.1 Å². The Morgan fingerprint density at radius 2 is 2.19 bits per heavy atom. The van der Waals surface area contributed by atoms with Gasteiger partial charge in [0.05, 0.1) is 5.69 Å². The van der Waals surface area contributed by atoms with Crippen molar-refractivity contribution in [3.05, 3.63) is 41.3 Å². The Balaban J connectivity index is 1.74. The molecule has 0 radical (unpaired) electrons. The van der Waals surface area contributed by atoms with Crippen molar-refractivity contribution < 1.29 is 17.9 Å². The third-order valence-electron chi connectivity index (χ3n) is 2.90. The van der Waals surface area contributed by atoms with E-state index in [1.54, 1.807) is 35.7 Å². The normalized spacial score (nSPS) is 14.2. The Morgan fingerprint density at radius 1 is 1.33 bits per heavy atom. The average molecular weight is 324 g/mol. The number of carbonyl (C=O) groups excluding carboxylic acids is 1. The molecular formula is C13H12N2O4S2. The van der Waals surface area contributed by atoms with Gasteiger partial charge in [-0.15, -0.1) is 11.3 Å². The van der Waals surface area contributed by atoms with Gasteiger partial charge in [0.1, 0.15) is 9.96 Å². The van der Waals surface area contributed by atoms with Gasteiger partial charge in [0, 0.05) is 6.54 Å². The SMILES string of the molecule is O=C1COc2ccc(CNS(=O)(=O)c3cccs3)cc2N1. The van der Waals surface area contributed by atoms with Crippen molar-refractivity contribution in [2.45, 2.75) is 10.8 Å². The van der Waals surface area contributed by atoms with Crippen LogP contribution < -0.4 is 14.8 Å². The number of hydrogen-bond acceptors (Lipinski definition) is 5. The number of hydrogen-bond donors (Lipinski definition) is 2. The van der Waals surface area contributed by atoms with Crippen molar-refractivity contribution in [1.29, 1.82) is 0 Å². The van der Waals surface area contributed by atoms with Crippen LogP contribution in [-0.4, -0.2) is 20.9 Å². The number of anilines is 1. The molecule has 1 aromatic heterocycles. The molecule has 0 spiro atoms. The van der Waals surface area contributed by atoms with E-state index in [4.69, 9.17) is 4.74 Å². The Labute approximate surface area is 125 Å². The van der Waals surface area contributed by atoms with Crippen LogP contribution in [0.15, 0.2) is 39.9 Å². The Kier molecular flexibility index (Phi) is 3.66. The minimum Gasteiger partial charge on any atom is -0.482 e. The smallest absolute Gasteiger partial charge is 0.262 e. The second kappa shape index (κ2) is 5.47. The van der Waals surface area contributed by atoms with E-state index >= 15 is 0 Å². The quantitative estimate of drug-likeness (QED) is 0.894. The molecule has 6 nitrogen and oxygen atoms in total. The fourth-order valence-corrected chi connectivity index (χ4v) is 3.96. The summed E-state index contributed by atoms with van der Waals surface area (Å²) in [4.78, 5) is 11.3. The highest BCUT2D eigenvalue weighted by atomic mass is 32.2. The van der Waals surface area contributed by atoms with Crippen LogP contribution >= 0.6 is 11.3 Å². The molecule has 21 heavy (non-hydrogen) atoms. The van der Waals surface area contributed by atoms with Crippen LogP contribution in [0.25, 0.3) is 0 Å². The summed E-state index contributed by atoms with van der Waals surface area (Å²) in [5.74, 6) is 0.360. The molecule has 0 saturated heterocycles. The van der Waals surface area contributed by atoms with Crippen molar-refractivity contribution >= 4 is 33.0 Å². The molecule has 0 unspecified atom stereocenters. The summed E-state index contributed by atoms with van der Waals surface area (Å²) >= 11 is 1.16. The second-order valence-corrected chi connectivity index (χ2v) is 7.37. The van der Waals surface area contributed by atoms with E-state index in [9.17, 15) is 13.2 Å². The number of amides is 1. The lowest BCUT2D eigenvalue weighted by Gasteiger charge is -2.18. The summed E-state index contributed by atoms with van der Waals surface area (Å²) in [6.07, 6.45) is 0. The minimum absolute atomic E-state index is 0.00263. The molecule has 8 heteroatoms. The van der Waals surface area contributed by atoms with Gasteiger partial charge in [-0.05, 0) is 29.1 Å². The highest BCUT2D eigenvalue weighted by Gasteiger charge is 2.17. The van der Waals surface area contributed by atoms with Gasteiger partial charge in [-0.25, -0.2) is 13.1 Å². The Morgan fingerprint density at radius 3 is 2.95 bits per heavy atom. The van der Waals surface area contributed by atoms with Crippen molar-refractivity contribution in [3.8, 4) is 5.75 Å². The third kappa shape index (κ3) is 3.07. The lowest BCUT2D eigenvalue weighted by molar-refractivity contribution is -0.118. The van der Waals surface area contributed by atoms with Gasteiger partial charge in [0.15, 0.2) is 6.61 Å². The standard InChI is InChI=1S/C13H12N2O4S2/c16-12-8-19-11-4-3-9(6-10(11)15-12)7-14-21(17,18)13-2-1-5-20-13/h1-6,14H,7-8H2,(H,15,16). The van der Waals surface area contributed by atoms with Gasteiger partial charge in [-0.3, -0.25) is 4.79 Å². The molecule has 3 rings (SSSR count). The predicted molar refractivity (Wildman–Crippen MR) is 78.9 cm³/mol. The number of fused-ring (bicyclic) bond motifs is 1. The number of carbonyl (C=O) groups is 1. The molecule has 0 aliphatic carbocycles. The summed E-state index contributed by atoms with van der Waals surface area (Å²) < 4.78 is 32.1. The van der Waals surface area contributed by atoms with Crippen molar-refractivity contribution in [1.82, 2.24) is 4.72 Å². The Bertz CT molecular complexity index is 769. The summed E-state index contributed by atoms with van der Waals surface area (Å²) in [7, 11) is -3.50. The van der Waals surface area contributed by atoms with Crippen molar-refractivity contribution in [3.63, 3.8) is 0 Å². The zero-order chi connectivity index (χ0) is 14.9. The molecule has 2 N–H and O–H groups in total. The fourth-order valence-electron chi connectivity index (χ4n) is 1.91. The molecule has 1 aromatic carbocycles. The first-order chi connectivity index (χ1) is 10.0. The summed E-state index contributed by atoms with van der Waals surface area (Å²) in [5.41, 5.74) is 1.29. The first-order valence-electron chi connectivity index (χ1n) is 6.13. The van der Waals surface area contributed by atoms with Crippen LogP contribution in [0.1, 0.15) is 5.56 Å². The summed E-state index contributed by atoms with van der Waals surface area (Å²) in [6.45, 7) is 0.140. The van der Waals surface area contributed by atoms with Gasteiger partial charge < -0.3 is 10.1 Å². The van der Waals surface area contributed by atoms with E-state index in [0.717, 1.165) is 16.9 Å². The van der Waals surface area contributed by atoms with Crippen LogP contribution in [0.5, 0.6) is 5.75 Å². The van der Waals surface area contributed by atoms with Crippen molar-refractivity contribution in [2.24, 2.45) is 0 Å². The fraction of sp³-hybridized carbons (Fsp3) is 0.154. The number of sulfonamides is 1. The molecule has 110 valence electrons. The lowest BCUT2D eigenvalue weighted by Crippen LogP contribution is -2.26. The molecule has 1 amide bonds. The number of nitrogens with one attached hydrogen (secondary N) is 2. The van der Waals surface area contributed by atoms with E-state index in [1.165, 1.54) is 0 Å². The van der Waals surface area contributed by atoms with E-state index < -0.39 is 10.0 Å². The summed E-state index contributed by atoms with van der Waals surface area (Å²) in [6, 6.07) is 8.40. The van der Waals surface area contributed by atoms with E-state index in [-0.39, 0.29) is 23.3 Å². The predicted octanol–water partition coefficient (Wildman–Crippen LogP) is 1.56. The number of thiophene rings is 1. The van der Waals surface area contributed by atoms with Crippen molar-refractivity contribution in [2.75, 3.05) is 11.9 Å². The van der Waals surface area contributed by atoms with Crippen LogP contribution in [0, 0.1) is 0 Å².